The normalized spacial score (nSPS) is 24.6. The molecule has 22 heavy (non-hydrogen) atoms. The van der Waals surface area contributed by atoms with Crippen molar-refractivity contribution in [2.45, 2.75) is 51.3 Å². The van der Waals surface area contributed by atoms with Gasteiger partial charge in [0.05, 0.1) is 6.10 Å². The third kappa shape index (κ3) is 3.44. The number of aryl methyl sites for hydroxylation is 1. The third-order valence-corrected chi connectivity index (χ3v) is 4.72. The fourth-order valence-corrected chi connectivity index (χ4v) is 3.47. The first-order valence-electron chi connectivity index (χ1n) is 8.06. The van der Waals surface area contributed by atoms with Crippen molar-refractivity contribution >= 4 is 5.91 Å². The van der Waals surface area contributed by atoms with Gasteiger partial charge in [0.2, 0.25) is 5.91 Å². The number of aliphatic hydroxyl groups is 1. The van der Waals surface area contributed by atoms with Crippen molar-refractivity contribution in [3.63, 3.8) is 0 Å². The summed E-state index contributed by atoms with van der Waals surface area (Å²) in [6, 6.07) is 0.575. The zero-order chi connectivity index (χ0) is 15.5. The van der Waals surface area contributed by atoms with Crippen molar-refractivity contribution in [2.75, 3.05) is 26.2 Å². The molecule has 2 aliphatic rings. The number of aromatic nitrogens is 4. The van der Waals surface area contributed by atoms with E-state index in [1.165, 1.54) is 30.4 Å². The van der Waals surface area contributed by atoms with Gasteiger partial charge in [0, 0.05) is 32.2 Å². The van der Waals surface area contributed by atoms with Crippen LogP contribution in [0.5, 0.6) is 0 Å². The van der Waals surface area contributed by atoms with Gasteiger partial charge in [-0.2, -0.15) is 0 Å². The molecule has 2 heterocycles. The van der Waals surface area contributed by atoms with Crippen LogP contribution in [0.4, 0.5) is 0 Å². The predicted octanol–water partition coefficient (Wildman–Crippen LogP) is -0.571. The van der Waals surface area contributed by atoms with Crippen LogP contribution in [0, 0.1) is 6.92 Å². The largest absolute Gasteiger partial charge is 0.390 e. The molecule has 8 nitrogen and oxygen atoms in total. The minimum absolute atomic E-state index is 0.0391. The standard InChI is InChI=1S/C14H24N6O2/c1-11-15-16-17-20(11)10-14(22)19-7-6-18(8-13(21)9-19)12-4-2-3-5-12/h12-13,21H,2-10H2,1H3. The average Bonchev–Trinajstić information content (AvgIpc) is 3.10. The van der Waals surface area contributed by atoms with E-state index in [1.54, 1.807) is 11.8 Å². The van der Waals surface area contributed by atoms with Gasteiger partial charge in [-0.3, -0.25) is 9.69 Å². The highest BCUT2D eigenvalue weighted by molar-refractivity contribution is 5.76. The number of carbonyl (C=O) groups excluding carboxylic acids is 1. The minimum atomic E-state index is -0.484. The lowest BCUT2D eigenvalue weighted by molar-refractivity contribution is -0.133. The Morgan fingerprint density at radius 1 is 1.27 bits per heavy atom. The number of amides is 1. The van der Waals surface area contributed by atoms with E-state index in [-0.39, 0.29) is 12.5 Å². The van der Waals surface area contributed by atoms with Gasteiger partial charge in [0.1, 0.15) is 12.4 Å². The number of tetrazole rings is 1. The quantitative estimate of drug-likeness (QED) is 0.804. The molecule has 1 aromatic heterocycles. The lowest BCUT2D eigenvalue weighted by Gasteiger charge is -2.27. The molecule has 1 atom stereocenters. The number of rotatable bonds is 3. The lowest BCUT2D eigenvalue weighted by Crippen LogP contribution is -2.39. The molecule has 1 aliphatic carbocycles. The van der Waals surface area contributed by atoms with Gasteiger partial charge in [-0.05, 0) is 30.2 Å². The Hall–Kier alpha value is -1.54. The molecule has 1 N–H and O–H groups in total. The number of β-amino-alcohol motifs (C(OH)–C–C–N with tert-alkyl or cyclic N) is 1. The average molecular weight is 308 g/mol. The maximum Gasteiger partial charge on any atom is 0.244 e. The van der Waals surface area contributed by atoms with Gasteiger partial charge < -0.3 is 10.0 Å². The molecule has 2 fully saturated rings. The summed E-state index contributed by atoms with van der Waals surface area (Å²) >= 11 is 0. The van der Waals surface area contributed by atoms with E-state index in [4.69, 9.17) is 0 Å². The molecular formula is C14H24N6O2. The van der Waals surface area contributed by atoms with Crippen LogP contribution in [0.3, 0.4) is 0 Å². The molecule has 0 aromatic carbocycles. The molecule has 1 amide bonds. The summed E-state index contributed by atoms with van der Waals surface area (Å²) in [5.41, 5.74) is 0. The Morgan fingerprint density at radius 3 is 2.73 bits per heavy atom. The molecular weight excluding hydrogens is 284 g/mol. The van der Waals surface area contributed by atoms with Crippen molar-refractivity contribution in [2.24, 2.45) is 0 Å². The van der Waals surface area contributed by atoms with Gasteiger partial charge in [-0.15, -0.1) is 5.10 Å². The number of aliphatic hydroxyl groups excluding tert-OH is 1. The topological polar surface area (TPSA) is 87.4 Å². The highest BCUT2D eigenvalue weighted by Crippen LogP contribution is 2.24. The Labute approximate surface area is 130 Å². The highest BCUT2D eigenvalue weighted by atomic mass is 16.3. The van der Waals surface area contributed by atoms with Gasteiger partial charge in [0.15, 0.2) is 0 Å². The molecule has 0 radical (unpaired) electrons. The molecule has 1 unspecified atom stereocenters. The Morgan fingerprint density at radius 2 is 2.05 bits per heavy atom. The Balaban J connectivity index is 1.60. The summed E-state index contributed by atoms with van der Waals surface area (Å²) in [7, 11) is 0. The summed E-state index contributed by atoms with van der Waals surface area (Å²) in [5.74, 6) is 0.582. The smallest absolute Gasteiger partial charge is 0.244 e. The second kappa shape index (κ2) is 6.70. The van der Waals surface area contributed by atoms with Crippen LogP contribution in [0.1, 0.15) is 31.5 Å². The number of hydrogen-bond acceptors (Lipinski definition) is 6. The fraction of sp³-hybridized carbons (Fsp3) is 0.857. The number of carbonyl (C=O) groups is 1. The third-order valence-electron chi connectivity index (χ3n) is 4.72. The summed E-state index contributed by atoms with van der Waals surface area (Å²) < 4.78 is 1.49. The van der Waals surface area contributed by atoms with Gasteiger partial charge >= 0.3 is 0 Å². The van der Waals surface area contributed by atoms with E-state index in [0.717, 1.165) is 6.54 Å². The van der Waals surface area contributed by atoms with E-state index >= 15 is 0 Å². The first-order chi connectivity index (χ1) is 10.6. The maximum atomic E-state index is 12.4. The van der Waals surface area contributed by atoms with Gasteiger partial charge in [0.25, 0.3) is 0 Å². The molecule has 8 heteroatoms. The number of hydrogen-bond donors (Lipinski definition) is 1. The Kier molecular flexibility index (Phi) is 4.68. The second-order valence-electron chi connectivity index (χ2n) is 6.31. The van der Waals surface area contributed by atoms with Crippen LogP contribution in [0.15, 0.2) is 0 Å². The van der Waals surface area contributed by atoms with E-state index in [9.17, 15) is 9.90 Å². The molecule has 1 saturated heterocycles. The van der Waals surface area contributed by atoms with Crippen LogP contribution >= 0.6 is 0 Å². The van der Waals surface area contributed by atoms with E-state index in [1.807, 2.05) is 0 Å². The van der Waals surface area contributed by atoms with Crippen LogP contribution in [0.2, 0.25) is 0 Å². The van der Waals surface area contributed by atoms with Crippen molar-refractivity contribution in [3.8, 4) is 0 Å². The van der Waals surface area contributed by atoms with Crippen molar-refractivity contribution < 1.29 is 9.90 Å². The molecule has 0 spiro atoms. The first kappa shape index (κ1) is 15.4. The van der Waals surface area contributed by atoms with Crippen LogP contribution < -0.4 is 0 Å². The van der Waals surface area contributed by atoms with E-state index in [2.05, 4.69) is 20.4 Å². The fourth-order valence-electron chi connectivity index (χ4n) is 3.47. The second-order valence-corrected chi connectivity index (χ2v) is 6.31. The summed E-state index contributed by atoms with van der Waals surface area (Å²) in [6.07, 6.45) is 4.49. The van der Waals surface area contributed by atoms with E-state index < -0.39 is 6.10 Å². The summed E-state index contributed by atoms with van der Waals surface area (Å²) in [5, 5.41) is 21.4. The minimum Gasteiger partial charge on any atom is -0.390 e. The van der Waals surface area contributed by atoms with Crippen molar-refractivity contribution in [1.29, 1.82) is 0 Å². The SMILES string of the molecule is Cc1nnnn1CC(=O)N1CCN(C2CCCC2)CC(O)C1. The van der Waals surface area contributed by atoms with Crippen LogP contribution in [0.25, 0.3) is 0 Å². The molecule has 1 aliphatic heterocycles. The van der Waals surface area contributed by atoms with Crippen LogP contribution in [-0.4, -0.2) is 79.3 Å². The molecule has 1 aromatic rings. The maximum absolute atomic E-state index is 12.4. The molecule has 122 valence electrons. The molecule has 3 rings (SSSR count). The van der Waals surface area contributed by atoms with Crippen molar-refractivity contribution in [3.05, 3.63) is 5.82 Å². The zero-order valence-corrected chi connectivity index (χ0v) is 13.1. The lowest BCUT2D eigenvalue weighted by atomic mass is 10.2. The first-order valence-corrected chi connectivity index (χ1v) is 8.06. The van der Waals surface area contributed by atoms with Gasteiger partial charge in [-0.25, -0.2) is 4.68 Å². The summed E-state index contributed by atoms with van der Waals surface area (Å²) in [6.45, 7) is 4.46. The number of nitrogens with zero attached hydrogens (tertiary/aromatic N) is 6. The summed E-state index contributed by atoms with van der Waals surface area (Å²) in [4.78, 5) is 16.5. The van der Waals surface area contributed by atoms with Crippen molar-refractivity contribution in [1.82, 2.24) is 30.0 Å². The van der Waals surface area contributed by atoms with Crippen LogP contribution in [-0.2, 0) is 11.3 Å². The Bertz CT molecular complexity index is 513. The molecule has 1 saturated carbocycles. The molecule has 0 bridgehead atoms. The van der Waals surface area contributed by atoms with E-state index in [0.29, 0.717) is 31.5 Å². The predicted molar refractivity (Wildman–Crippen MR) is 79.0 cm³/mol. The highest BCUT2D eigenvalue weighted by Gasteiger charge is 2.29. The van der Waals surface area contributed by atoms with Gasteiger partial charge in [-0.1, -0.05) is 12.8 Å². The monoisotopic (exact) mass is 308 g/mol. The zero-order valence-electron chi connectivity index (χ0n) is 13.1.